The normalized spacial score (nSPS) is 17.5. The SMILES string of the molecule is CCc1cnc(=O)[nH]c1C1CCCC1. The van der Waals surface area contributed by atoms with Gasteiger partial charge in [-0.1, -0.05) is 19.8 Å². The van der Waals surface area contributed by atoms with E-state index in [9.17, 15) is 4.79 Å². The highest BCUT2D eigenvalue weighted by Crippen LogP contribution is 2.33. The molecule has 0 saturated heterocycles. The fourth-order valence-corrected chi connectivity index (χ4v) is 2.29. The Hall–Kier alpha value is -1.12. The summed E-state index contributed by atoms with van der Waals surface area (Å²) in [5.41, 5.74) is 2.14. The highest BCUT2D eigenvalue weighted by atomic mass is 16.1. The molecule has 1 N–H and O–H groups in total. The summed E-state index contributed by atoms with van der Waals surface area (Å²) in [6, 6.07) is 0. The molecule has 14 heavy (non-hydrogen) atoms. The van der Waals surface area contributed by atoms with Crippen LogP contribution in [0, 0.1) is 0 Å². The summed E-state index contributed by atoms with van der Waals surface area (Å²) in [4.78, 5) is 17.8. The van der Waals surface area contributed by atoms with E-state index in [1.54, 1.807) is 6.20 Å². The summed E-state index contributed by atoms with van der Waals surface area (Å²) < 4.78 is 0. The molecule has 0 aromatic carbocycles. The van der Waals surface area contributed by atoms with Crippen LogP contribution in [0.3, 0.4) is 0 Å². The molecule has 1 aromatic rings. The van der Waals surface area contributed by atoms with Crippen molar-refractivity contribution in [2.45, 2.75) is 44.9 Å². The van der Waals surface area contributed by atoms with Gasteiger partial charge in [0.05, 0.1) is 0 Å². The lowest BCUT2D eigenvalue weighted by Gasteiger charge is -2.12. The Morgan fingerprint density at radius 2 is 2.21 bits per heavy atom. The predicted molar refractivity (Wildman–Crippen MR) is 55.4 cm³/mol. The van der Waals surface area contributed by atoms with Gasteiger partial charge in [0, 0.05) is 11.9 Å². The zero-order valence-corrected chi connectivity index (χ0v) is 8.55. The molecule has 1 fully saturated rings. The monoisotopic (exact) mass is 192 g/mol. The van der Waals surface area contributed by atoms with Crippen LogP contribution in [0.5, 0.6) is 0 Å². The minimum atomic E-state index is -0.205. The van der Waals surface area contributed by atoms with Crippen LogP contribution in [-0.2, 0) is 6.42 Å². The summed E-state index contributed by atoms with van der Waals surface area (Å²) in [6.45, 7) is 2.10. The molecule has 0 bridgehead atoms. The van der Waals surface area contributed by atoms with Crippen molar-refractivity contribution in [1.29, 1.82) is 0 Å². The minimum absolute atomic E-state index is 0.205. The molecule has 76 valence electrons. The topological polar surface area (TPSA) is 45.8 Å². The van der Waals surface area contributed by atoms with Gasteiger partial charge in [0.15, 0.2) is 0 Å². The van der Waals surface area contributed by atoms with Crippen molar-refractivity contribution in [3.8, 4) is 0 Å². The van der Waals surface area contributed by atoms with Crippen LogP contribution < -0.4 is 5.69 Å². The van der Waals surface area contributed by atoms with Crippen molar-refractivity contribution in [1.82, 2.24) is 9.97 Å². The lowest BCUT2D eigenvalue weighted by Crippen LogP contribution is -2.16. The number of H-pyrrole nitrogens is 1. The summed E-state index contributed by atoms with van der Waals surface area (Å²) in [6.07, 6.45) is 7.69. The van der Waals surface area contributed by atoms with Gasteiger partial charge in [-0.05, 0) is 30.7 Å². The van der Waals surface area contributed by atoms with E-state index in [1.165, 1.54) is 31.2 Å². The number of nitrogens with one attached hydrogen (secondary N) is 1. The van der Waals surface area contributed by atoms with Crippen molar-refractivity contribution in [2.75, 3.05) is 0 Å². The number of hydrogen-bond acceptors (Lipinski definition) is 2. The molecule has 0 aliphatic heterocycles. The largest absolute Gasteiger partial charge is 0.345 e. The first-order valence-corrected chi connectivity index (χ1v) is 5.39. The van der Waals surface area contributed by atoms with E-state index >= 15 is 0 Å². The molecule has 1 heterocycles. The zero-order valence-electron chi connectivity index (χ0n) is 8.55. The summed E-state index contributed by atoms with van der Waals surface area (Å²) in [5.74, 6) is 0.570. The lowest BCUT2D eigenvalue weighted by atomic mass is 9.98. The second-order valence-electron chi connectivity index (χ2n) is 3.96. The van der Waals surface area contributed by atoms with E-state index in [0.29, 0.717) is 5.92 Å². The Morgan fingerprint density at radius 3 is 2.86 bits per heavy atom. The summed E-state index contributed by atoms with van der Waals surface area (Å²) in [7, 11) is 0. The molecule has 1 aliphatic rings. The van der Waals surface area contributed by atoms with Gasteiger partial charge >= 0.3 is 5.69 Å². The molecular formula is C11H16N2O. The first-order chi connectivity index (χ1) is 6.81. The van der Waals surface area contributed by atoms with Crippen molar-refractivity contribution in [2.24, 2.45) is 0 Å². The van der Waals surface area contributed by atoms with Crippen molar-refractivity contribution < 1.29 is 0 Å². The van der Waals surface area contributed by atoms with Gasteiger partial charge in [0.25, 0.3) is 0 Å². The first kappa shape index (κ1) is 9.44. The fraction of sp³-hybridized carbons (Fsp3) is 0.636. The molecule has 1 saturated carbocycles. The number of aromatic nitrogens is 2. The molecular weight excluding hydrogens is 176 g/mol. The number of hydrogen-bond donors (Lipinski definition) is 1. The van der Waals surface area contributed by atoms with Gasteiger partial charge in [0.1, 0.15) is 0 Å². The van der Waals surface area contributed by atoms with Gasteiger partial charge in [-0.15, -0.1) is 0 Å². The minimum Gasteiger partial charge on any atom is -0.309 e. The quantitative estimate of drug-likeness (QED) is 0.778. The first-order valence-electron chi connectivity index (χ1n) is 5.39. The Labute approximate surface area is 83.6 Å². The predicted octanol–water partition coefficient (Wildman–Crippen LogP) is 1.99. The standard InChI is InChI=1S/C11H16N2O/c1-2-8-7-12-11(14)13-10(8)9-5-3-4-6-9/h7,9H,2-6H2,1H3,(H,12,13,14). The maximum atomic E-state index is 11.1. The van der Waals surface area contributed by atoms with Crippen LogP contribution in [0.4, 0.5) is 0 Å². The smallest absolute Gasteiger partial charge is 0.309 e. The van der Waals surface area contributed by atoms with Crippen LogP contribution in [-0.4, -0.2) is 9.97 Å². The average molecular weight is 192 g/mol. The molecule has 0 unspecified atom stereocenters. The summed E-state index contributed by atoms with van der Waals surface area (Å²) in [5, 5.41) is 0. The Morgan fingerprint density at radius 1 is 1.50 bits per heavy atom. The third kappa shape index (κ3) is 1.72. The average Bonchev–Trinajstić information content (AvgIpc) is 2.70. The molecule has 1 aromatic heterocycles. The summed E-state index contributed by atoms with van der Waals surface area (Å²) >= 11 is 0. The van der Waals surface area contributed by atoms with Crippen molar-refractivity contribution in [3.63, 3.8) is 0 Å². The van der Waals surface area contributed by atoms with Crippen LogP contribution in [0.2, 0.25) is 0 Å². The number of aryl methyl sites for hydroxylation is 1. The maximum absolute atomic E-state index is 11.1. The Bertz CT molecular complexity index is 364. The molecule has 2 rings (SSSR count). The second-order valence-corrected chi connectivity index (χ2v) is 3.96. The Kier molecular flexibility index (Phi) is 2.66. The van der Waals surface area contributed by atoms with E-state index in [4.69, 9.17) is 0 Å². The molecule has 1 aliphatic carbocycles. The van der Waals surface area contributed by atoms with E-state index < -0.39 is 0 Å². The van der Waals surface area contributed by atoms with Crippen molar-refractivity contribution in [3.05, 3.63) is 27.9 Å². The van der Waals surface area contributed by atoms with E-state index in [-0.39, 0.29) is 5.69 Å². The van der Waals surface area contributed by atoms with Gasteiger partial charge in [-0.3, -0.25) is 0 Å². The fourth-order valence-electron chi connectivity index (χ4n) is 2.29. The van der Waals surface area contributed by atoms with Crippen LogP contribution in [0.15, 0.2) is 11.0 Å². The number of nitrogens with zero attached hydrogens (tertiary/aromatic N) is 1. The van der Waals surface area contributed by atoms with Crippen molar-refractivity contribution >= 4 is 0 Å². The van der Waals surface area contributed by atoms with Gasteiger partial charge in [-0.25, -0.2) is 9.78 Å². The van der Waals surface area contributed by atoms with Crippen LogP contribution >= 0.6 is 0 Å². The highest BCUT2D eigenvalue weighted by Gasteiger charge is 2.20. The lowest BCUT2D eigenvalue weighted by molar-refractivity contribution is 0.676. The second kappa shape index (κ2) is 3.95. The van der Waals surface area contributed by atoms with E-state index in [0.717, 1.165) is 12.1 Å². The Balaban J connectivity index is 2.38. The van der Waals surface area contributed by atoms with E-state index in [1.807, 2.05) is 0 Å². The third-order valence-corrected chi connectivity index (χ3v) is 3.07. The molecule has 0 amide bonds. The molecule has 3 heteroatoms. The molecule has 0 spiro atoms. The van der Waals surface area contributed by atoms with E-state index in [2.05, 4.69) is 16.9 Å². The highest BCUT2D eigenvalue weighted by molar-refractivity contribution is 5.20. The van der Waals surface area contributed by atoms with Crippen LogP contribution in [0.25, 0.3) is 0 Å². The molecule has 3 nitrogen and oxygen atoms in total. The van der Waals surface area contributed by atoms with Gasteiger partial charge in [0.2, 0.25) is 0 Å². The van der Waals surface area contributed by atoms with Gasteiger partial charge < -0.3 is 4.98 Å². The maximum Gasteiger partial charge on any atom is 0.345 e. The zero-order chi connectivity index (χ0) is 9.97. The molecule has 0 atom stereocenters. The number of rotatable bonds is 2. The number of aromatic amines is 1. The third-order valence-electron chi connectivity index (χ3n) is 3.07. The van der Waals surface area contributed by atoms with Gasteiger partial charge in [-0.2, -0.15) is 0 Å². The van der Waals surface area contributed by atoms with Crippen LogP contribution in [0.1, 0.15) is 49.8 Å². The molecule has 0 radical (unpaired) electrons.